The van der Waals surface area contributed by atoms with E-state index in [1.54, 1.807) is 0 Å². The second kappa shape index (κ2) is 5.99. The number of fused-ring (bicyclic) bond motifs is 1. The summed E-state index contributed by atoms with van der Waals surface area (Å²) in [4.78, 5) is 7.58. The van der Waals surface area contributed by atoms with Crippen molar-refractivity contribution in [3.8, 4) is 0 Å². The van der Waals surface area contributed by atoms with Crippen LogP contribution in [0.3, 0.4) is 0 Å². The highest BCUT2D eigenvalue weighted by molar-refractivity contribution is 5.19. The Morgan fingerprint density at radius 1 is 1.24 bits per heavy atom. The lowest BCUT2D eigenvalue weighted by Gasteiger charge is -2.23. The standard InChI is InChI=1S/C15H21F3N2O/c16-15(17,18)10-4-6-12-13(9-10)20-14(19-12)7-5-11-3-1-2-8-21-11/h10-11H,1-9H2,(H,19,20). The number of H-pyrrole nitrogens is 1. The summed E-state index contributed by atoms with van der Waals surface area (Å²) in [6, 6.07) is 0. The molecule has 118 valence electrons. The van der Waals surface area contributed by atoms with E-state index in [1.807, 2.05) is 0 Å². The molecule has 0 radical (unpaired) electrons. The predicted molar refractivity (Wildman–Crippen MR) is 72.1 cm³/mol. The van der Waals surface area contributed by atoms with Crippen molar-refractivity contribution in [2.45, 2.75) is 63.6 Å². The summed E-state index contributed by atoms with van der Waals surface area (Å²) in [6.07, 6.45) is 1.88. The van der Waals surface area contributed by atoms with Gasteiger partial charge in [-0.25, -0.2) is 4.98 Å². The minimum absolute atomic E-state index is 0.0474. The first-order valence-electron chi connectivity index (χ1n) is 7.77. The van der Waals surface area contributed by atoms with Gasteiger partial charge in [-0.1, -0.05) is 0 Å². The molecule has 3 rings (SSSR count). The second-order valence-corrected chi connectivity index (χ2v) is 6.12. The lowest BCUT2D eigenvalue weighted by Crippen LogP contribution is -2.28. The highest BCUT2D eigenvalue weighted by Gasteiger charge is 2.41. The number of nitrogens with one attached hydrogen (secondary N) is 1. The van der Waals surface area contributed by atoms with Crippen molar-refractivity contribution in [2.75, 3.05) is 6.61 Å². The number of imidazole rings is 1. The summed E-state index contributed by atoms with van der Waals surface area (Å²) >= 11 is 0. The fourth-order valence-electron chi connectivity index (χ4n) is 3.27. The molecule has 3 nitrogen and oxygen atoms in total. The van der Waals surface area contributed by atoms with Gasteiger partial charge < -0.3 is 9.72 Å². The van der Waals surface area contributed by atoms with Crippen LogP contribution in [0, 0.1) is 5.92 Å². The number of hydrogen-bond donors (Lipinski definition) is 1. The van der Waals surface area contributed by atoms with Crippen LogP contribution in [0.1, 0.15) is 49.3 Å². The van der Waals surface area contributed by atoms with E-state index < -0.39 is 12.1 Å². The quantitative estimate of drug-likeness (QED) is 0.926. The van der Waals surface area contributed by atoms with Crippen molar-refractivity contribution in [1.29, 1.82) is 0 Å². The first kappa shape index (κ1) is 14.9. The van der Waals surface area contributed by atoms with E-state index in [2.05, 4.69) is 9.97 Å². The van der Waals surface area contributed by atoms with Crippen LogP contribution in [-0.2, 0) is 24.0 Å². The van der Waals surface area contributed by atoms with Gasteiger partial charge >= 0.3 is 6.18 Å². The van der Waals surface area contributed by atoms with Crippen LogP contribution in [0.2, 0.25) is 0 Å². The van der Waals surface area contributed by atoms with E-state index in [-0.39, 0.29) is 18.9 Å². The average molecular weight is 302 g/mol. The van der Waals surface area contributed by atoms with Crippen LogP contribution in [0.25, 0.3) is 0 Å². The molecule has 1 fully saturated rings. The summed E-state index contributed by atoms with van der Waals surface area (Å²) in [5.74, 6) is -0.406. The molecule has 1 aromatic heterocycles. The lowest BCUT2D eigenvalue weighted by atomic mass is 9.89. The van der Waals surface area contributed by atoms with E-state index in [9.17, 15) is 13.2 Å². The number of ether oxygens (including phenoxy) is 1. The van der Waals surface area contributed by atoms with Crippen LogP contribution in [-0.4, -0.2) is 28.9 Å². The van der Waals surface area contributed by atoms with Crippen LogP contribution in [0.5, 0.6) is 0 Å². The number of aromatic amines is 1. The number of halogens is 3. The third kappa shape index (κ3) is 3.59. The Kier molecular flexibility index (Phi) is 4.24. The average Bonchev–Trinajstić information content (AvgIpc) is 2.87. The van der Waals surface area contributed by atoms with Gasteiger partial charge in [0.15, 0.2) is 0 Å². The number of aryl methyl sites for hydroxylation is 2. The Labute approximate surface area is 122 Å². The molecule has 2 aliphatic rings. The molecular formula is C15H21F3N2O. The third-order valence-corrected chi connectivity index (χ3v) is 4.53. The van der Waals surface area contributed by atoms with Crippen LogP contribution >= 0.6 is 0 Å². The number of alkyl halides is 3. The Balaban J connectivity index is 1.58. The lowest BCUT2D eigenvalue weighted by molar-refractivity contribution is -0.177. The van der Waals surface area contributed by atoms with Crippen molar-refractivity contribution in [3.05, 3.63) is 17.2 Å². The monoisotopic (exact) mass is 302 g/mol. The van der Waals surface area contributed by atoms with Crippen molar-refractivity contribution in [2.24, 2.45) is 5.92 Å². The Morgan fingerprint density at radius 2 is 2.10 bits per heavy atom. The molecule has 0 aromatic carbocycles. The van der Waals surface area contributed by atoms with Gasteiger partial charge in [0.1, 0.15) is 5.82 Å². The van der Waals surface area contributed by atoms with E-state index in [0.717, 1.165) is 43.8 Å². The molecule has 1 aromatic rings. The molecule has 2 atom stereocenters. The van der Waals surface area contributed by atoms with Gasteiger partial charge in [-0.2, -0.15) is 13.2 Å². The minimum atomic E-state index is -4.10. The second-order valence-electron chi connectivity index (χ2n) is 6.12. The zero-order chi connectivity index (χ0) is 14.9. The smallest absolute Gasteiger partial charge is 0.378 e. The topological polar surface area (TPSA) is 37.9 Å². The molecule has 1 aliphatic heterocycles. The van der Waals surface area contributed by atoms with Gasteiger partial charge in [0.05, 0.1) is 17.7 Å². The number of nitrogens with zero attached hydrogens (tertiary/aromatic N) is 1. The maximum atomic E-state index is 12.8. The number of rotatable bonds is 3. The van der Waals surface area contributed by atoms with Gasteiger partial charge in [-0.15, -0.1) is 0 Å². The van der Waals surface area contributed by atoms with Crippen molar-refractivity contribution in [1.82, 2.24) is 9.97 Å². The molecule has 1 N–H and O–H groups in total. The summed E-state index contributed by atoms with van der Waals surface area (Å²) in [5, 5.41) is 0. The third-order valence-electron chi connectivity index (χ3n) is 4.53. The molecule has 1 saturated heterocycles. The van der Waals surface area contributed by atoms with E-state index in [0.29, 0.717) is 12.1 Å². The van der Waals surface area contributed by atoms with E-state index >= 15 is 0 Å². The summed E-state index contributed by atoms with van der Waals surface area (Å²) in [5.41, 5.74) is 1.51. The fraction of sp³-hybridized carbons (Fsp3) is 0.800. The number of aromatic nitrogens is 2. The molecule has 0 bridgehead atoms. The predicted octanol–water partition coefficient (Wildman–Crippen LogP) is 3.58. The first-order valence-corrected chi connectivity index (χ1v) is 7.77. The maximum Gasteiger partial charge on any atom is 0.392 e. The van der Waals surface area contributed by atoms with Gasteiger partial charge in [0.25, 0.3) is 0 Å². The van der Waals surface area contributed by atoms with Crippen molar-refractivity contribution < 1.29 is 17.9 Å². The Morgan fingerprint density at radius 3 is 2.81 bits per heavy atom. The summed E-state index contributed by atoms with van der Waals surface area (Å²) in [7, 11) is 0. The molecule has 0 spiro atoms. The molecule has 6 heteroatoms. The Hall–Kier alpha value is -1.04. The largest absolute Gasteiger partial charge is 0.392 e. The van der Waals surface area contributed by atoms with Crippen LogP contribution in [0.15, 0.2) is 0 Å². The fourth-order valence-corrected chi connectivity index (χ4v) is 3.27. The van der Waals surface area contributed by atoms with Crippen molar-refractivity contribution >= 4 is 0 Å². The zero-order valence-electron chi connectivity index (χ0n) is 12.0. The molecule has 2 heterocycles. The van der Waals surface area contributed by atoms with Crippen LogP contribution < -0.4 is 0 Å². The molecule has 0 amide bonds. The van der Waals surface area contributed by atoms with Gasteiger partial charge in [0.2, 0.25) is 0 Å². The number of hydrogen-bond acceptors (Lipinski definition) is 2. The van der Waals surface area contributed by atoms with Crippen LogP contribution in [0.4, 0.5) is 13.2 Å². The van der Waals surface area contributed by atoms with Gasteiger partial charge in [-0.05, 0) is 38.5 Å². The maximum absolute atomic E-state index is 12.8. The van der Waals surface area contributed by atoms with Crippen molar-refractivity contribution in [3.63, 3.8) is 0 Å². The molecular weight excluding hydrogens is 281 g/mol. The normalized spacial score (nSPS) is 26.6. The van der Waals surface area contributed by atoms with Gasteiger partial charge in [-0.3, -0.25) is 0 Å². The molecule has 1 aliphatic carbocycles. The molecule has 21 heavy (non-hydrogen) atoms. The van der Waals surface area contributed by atoms with E-state index in [4.69, 9.17) is 4.74 Å². The zero-order valence-corrected chi connectivity index (χ0v) is 12.0. The van der Waals surface area contributed by atoms with E-state index in [1.165, 1.54) is 6.42 Å². The Bertz CT molecular complexity index is 478. The molecule has 0 saturated carbocycles. The minimum Gasteiger partial charge on any atom is -0.378 e. The summed E-state index contributed by atoms with van der Waals surface area (Å²) < 4.78 is 44.0. The first-order chi connectivity index (χ1) is 10.0. The highest BCUT2D eigenvalue weighted by Crippen LogP contribution is 2.36. The van der Waals surface area contributed by atoms with Gasteiger partial charge in [0, 0.05) is 25.1 Å². The molecule has 2 unspecified atom stereocenters. The summed E-state index contributed by atoms with van der Waals surface area (Å²) in [6.45, 7) is 0.826. The highest BCUT2D eigenvalue weighted by atomic mass is 19.4. The SMILES string of the molecule is FC(F)(F)C1CCc2nc(CCC3CCCCO3)[nH]c2C1.